The fourth-order valence-corrected chi connectivity index (χ4v) is 1.88. The quantitative estimate of drug-likeness (QED) is 0.383. The van der Waals surface area contributed by atoms with Gasteiger partial charge in [-0.25, -0.2) is 4.79 Å². The summed E-state index contributed by atoms with van der Waals surface area (Å²) in [6, 6.07) is 4.13. The minimum absolute atomic E-state index is 0.0760. The number of carbonyl (C=O) groups excluding carboxylic acids is 1. The van der Waals surface area contributed by atoms with Crippen molar-refractivity contribution in [1.29, 1.82) is 0 Å². The number of benzene rings is 1. The molecule has 0 spiro atoms. The smallest absolute Gasteiger partial charge is 0.451 e. The molecule has 0 fully saturated rings. The minimum Gasteiger partial charge on any atom is -0.462 e. The maximum absolute atomic E-state index is 12.6. The van der Waals surface area contributed by atoms with E-state index >= 15 is 0 Å². The highest BCUT2D eigenvalue weighted by Gasteiger charge is 2.27. The van der Waals surface area contributed by atoms with E-state index in [1.165, 1.54) is 18.2 Å². The lowest BCUT2D eigenvalue weighted by molar-refractivity contribution is -0.0692. The highest BCUT2D eigenvalue weighted by atomic mass is 127. The SMILES string of the molecule is CCOC(=O)c1cc(OC(F)(F)I)ccc1I. The van der Waals surface area contributed by atoms with Gasteiger partial charge in [0, 0.05) is 3.57 Å². The minimum atomic E-state index is -3.31. The van der Waals surface area contributed by atoms with E-state index in [0.29, 0.717) is 3.57 Å². The number of alkyl halides is 3. The average molecular weight is 468 g/mol. The van der Waals surface area contributed by atoms with E-state index in [-0.39, 0.29) is 17.9 Å². The Labute approximate surface area is 124 Å². The summed E-state index contributed by atoms with van der Waals surface area (Å²) in [5, 5.41) is 0. The van der Waals surface area contributed by atoms with Crippen LogP contribution in [0.3, 0.4) is 0 Å². The molecule has 0 unspecified atom stereocenters. The third-order valence-corrected chi connectivity index (χ3v) is 2.83. The number of halogens is 4. The monoisotopic (exact) mass is 468 g/mol. The third kappa shape index (κ3) is 4.90. The number of hydrogen-bond donors (Lipinski definition) is 0. The van der Waals surface area contributed by atoms with Crippen molar-refractivity contribution in [3.8, 4) is 5.75 Å². The predicted molar refractivity (Wildman–Crippen MR) is 74.7 cm³/mol. The van der Waals surface area contributed by atoms with Gasteiger partial charge >= 0.3 is 10.1 Å². The predicted octanol–water partition coefficient (Wildman–Crippen LogP) is 3.83. The van der Waals surface area contributed by atoms with Gasteiger partial charge in [-0.1, -0.05) is 0 Å². The summed E-state index contributed by atoms with van der Waals surface area (Å²) in [4.78, 5) is 11.5. The van der Waals surface area contributed by atoms with E-state index in [0.717, 1.165) is 22.6 Å². The highest BCUT2D eigenvalue weighted by molar-refractivity contribution is 14.1. The fourth-order valence-electron chi connectivity index (χ4n) is 1.07. The Bertz CT molecular complexity index is 419. The molecule has 0 radical (unpaired) electrons. The molecule has 1 aromatic carbocycles. The van der Waals surface area contributed by atoms with Gasteiger partial charge in [-0.2, -0.15) is 8.78 Å². The lowest BCUT2D eigenvalue weighted by atomic mass is 10.2. The molecule has 0 saturated heterocycles. The Hall–Kier alpha value is -0.190. The van der Waals surface area contributed by atoms with Crippen molar-refractivity contribution in [1.82, 2.24) is 0 Å². The molecular formula is C10H8F2I2O3. The number of esters is 1. The first-order valence-corrected chi connectivity index (χ1v) is 6.71. The average Bonchev–Trinajstić information content (AvgIpc) is 2.19. The van der Waals surface area contributed by atoms with Crippen molar-refractivity contribution >= 4 is 51.2 Å². The second-order valence-electron chi connectivity index (χ2n) is 2.91. The Morgan fingerprint density at radius 2 is 2.12 bits per heavy atom. The Kier molecular flexibility index (Phi) is 5.35. The van der Waals surface area contributed by atoms with Gasteiger partial charge in [0.25, 0.3) is 0 Å². The number of carbonyl (C=O) groups is 1. The molecule has 0 aliphatic carbocycles. The molecule has 0 heterocycles. The second kappa shape index (κ2) is 6.12. The molecule has 94 valence electrons. The van der Waals surface area contributed by atoms with Crippen LogP contribution in [0.5, 0.6) is 5.75 Å². The van der Waals surface area contributed by atoms with Gasteiger partial charge in [0.15, 0.2) is 0 Å². The van der Waals surface area contributed by atoms with Crippen LogP contribution in [0.2, 0.25) is 0 Å². The van der Waals surface area contributed by atoms with E-state index < -0.39 is 10.1 Å². The van der Waals surface area contributed by atoms with E-state index in [1.54, 1.807) is 6.92 Å². The van der Waals surface area contributed by atoms with Gasteiger partial charge in [-0.15, -0.1) is 0 Å². The molecule has 0 aliphatic heterocycles. The Morgan fingerprint density at radius 3 is 2.65 bits per heavy atom. The van der Waals surface area contributed by atoms with Gasteiger partial charge in [-0.3, -0.25) is 0 Å². The van der Waals surface area contributed by atoms with Gasteiger partial charge in [-0.05, 0) is 47.7 Å². The van der Waals surface area contributed by atoms with Gasteiger partial charge in [0.2, 0.25) is 0 Å². The Balaban J connectivity index is 2.98. The van der Waals surface area contributed by atoms with E-state index in [1.807, 2.05) is 22.6 Å². The van der Waals surface area contributed by atoms with E-state index in [9.17, 15) is 13.6 Å². The molecule has 0 bridgehead atoms. The first kappa shape index (κ1) is 14.9. The van der Waals surface area contributed by atoms with Crippen LogP contribution < -0.4 is 4.74 Å². The van der Waals surface area contributed by atoms with Crippen molar-refractivity contribution in [2.45, 2.75) is 11.0 Å². The first-order chi connectivity index (χ1) is 7.83. The second-order valence-corrected chi connectivity index (χ2v) is 5.33. The standard InChI is InChI=1S/C10H8F2I2O3/c1-2-16-9(15)7-5-6(3-4-8(7)13)17-10(11,12)14/h3-5H,2H2,1H3. The summed E-state index contributed by atoms with van der Waals surface area (Å²) in [6.45, 7) is 1.90. The summed E-state index contributed by atoms with van der Waals surface area (Å²) in [6.07, 6.45) is 0. The number of rotatable bonds is 4. The van der Waals surface area contributed by atoms with Crippen LogP contribution in [0.1, 0.15) is 17.3 Å². The van der Waals surface area contributed by atoms with Crippen LogP contribution in [0, 0.1) is 3.57 Å². The van der Waals surface area contributed by atoms with Crippen molar-refractivity contribution < 1.29 is 23.0 Å². The lowest BCUT2D eigenvalue weighted by Gasteiger charge is -2.12. The largest absolute Gasteiger partial charge is 0.462 e. The molecular weight excluding hydrogens is 460 g/mol. The lowest BCUT2D eigenvalue weighted by Crippen LogP contribution is -2.15. The van der Waals surface area contributed by atoms with E-state index in [4.69, 9.17) is 4.74 Å². The topological polar surface area (TPSA) is 35.5 Å². The van der Waals surface area contributed by atoms with Crippen LogP contribution in [-0.4, -0.2) is 16.7 Å². The first-order valence-electron chi connectivity index (χ1n) is 4.56. The van der Waals surface area contributed by atoms with Crippen molar-refractivity contribution in [3.05, 3.63) is 27.3 Å². The van der Waals surface area contributed by atoms with Crippen molar-refractivity contribution in [2.24, 2.45) is 0 Å². The van der Waals surface area contributed by atoms with Crippen LogP contribution >= 0.6 is 45.2 Å². The zero-order valence-electron chi connectivity index (χ0n) is 8.68. The molecule has 17 heavy (non-hydrogen) atoms. The molecule has 0 aliphatic rings. The number of hydrogen-bond acceptors (Lipinski definition) is 3. The van der Waals surface area contributed by atoms with Crippen LogP contribution in [0.4, 0.5) is 8.78 Å². The zero-order chi connectivity index (χ0) is 13.1. The maximum atomic E-state index is 12.6. The van der Waals surface area contributed by atoms with Crippen molar-refractivity contribution in [3.63, 3.8) is 0 Å². The van der Waals surface area contributed by atoms with Crippen LogP contribution in [-0.2, 0) is 4.74 Å². The molecule has 1 rings (SSSR count). The molecule has 3 nitrogen and oxygen atoms in total. The van der Waals surface area contributed by atoms with Gasteiger partial charge in [0.1, 0.15) is 5.75 Å². The molecule has 0 amide bonds. The normalized spacial score (nSPS) is 11.1. The molecule has 0 atom stereocenters. The summed E-state index contributed by atoms with van der Waals surface area (Å²) >= 11 is 2.78. The van der Waals surface area contributed by atoms with Gasteiger partial charge in [0.05, 0.1) is 34.8 Å². The highest BCUT2D eigenvalue weighted by Crippen LogP contribution is 2.29. The number of ether oxygens (including phenoxy) is 2. The van der Waals surface area contributed by atoms with Gasteiger partial charge < -0.3 is 9.47 Å². The maximum Gasteiger partial charge on any atom is 0.451 e. The summed E-state index contributed by atoms with van der Waals surface area (Å²) in [5.74, 6) is -0.632. The fraction of sp³-hybridized carbons (Fsp3) is 0.300. The summed E-state index contributed by atoms with van der Waals surface area (Å²) < 4.78 is 31.8. The van der Waals surface area contributed by atoms with Crippen LogP contribution in [0.15, 0.2) is 18.2 Å². The molecule has 0 N–H and O–H groups in total. The Morgan fingerprint density at radius 1 is 1.47 bits per heavy atom. The molecule has 7 heteroatoms. The third-order valence-electron chi connectivity index (χ3n) is 1.67. The zero-order valence-corrected chi connectivity index (χ0v) is 13.0. The van der Waals surface area contributed by atoms with Crippen LogP contribution in [0.25, 0.3) is 0 Å². The molecule has 1 aromatic rings. The summed E-state index contributed by atoms with van der Waals surface area (Å²) in [5.41, 5.74) is 0.214. The summed E-state index contributed by atoms with van der Waals surface area (Å²) in [7, 11) is 0. The van der Waals surface area contributed by atoms with E-state index in [2.05, 4.69) is 4.74 Å². The molecule has 0 aromatic heterocycles. The van der Waals surface area contributed by atoms with Crippen molar-refractivity contribution in [2.75, 3.05) is 6.61 Å². The molecule has 0 saturated carbocycles.